The van der Waals surface area contributed by atoms with Gasteiger partial charge in [0.15, 0.2) is 11.6 Å². The summed E-state index contributed by atoms with van der Waals surface area (Å²) in [4.78, 5) is 10.7. The third-order valence-corrected chi connectivity index (χ3v) is 3.11. The number of fused-ring (bicyclic) bond motifs is 1. The Labute approximate surface area is 124 Å². The lowest BCUT2D eigenvalue weighted by Gasteiger charge is -2.09. The monoisotopic (exact) mass is 301 g/mol. The highest BCUT2D eigenvalue weighted by Crippen LogP contribution is 2.31. The number of nitrogens with two attached hydrogens (primary N) is 1. The summed E-state index contributed by atoms with van der Waals surface area (Å²) in [6, 6.07) is 4.86. The molecule has 0 saturated heterocycles. The fraction of sp³-hybridized carbons (Fsp3) is 0.0714. The molecule has 0 aliphatic carbocycles. The van der Waals surface area contributed by atoms with E-state index in [1.807, 2.05) is 6.92 Å². The highest BCUT2D eigenvalue weighted by molar-refractivity contribution is 5.88. The van der Waals surface area contributed by atoms with Gasteiger partial charge in [-0.2, -0.15) is 0 Å². The van der Waals surface area contributed by atoms with Crippen LogP contribution in [0.1, 0.15) is 11.3 Å². The third kappa shape index (κ3) is 2.30. The average Bonchev–Trinajstić information content (AvgIpc) is 2.87. The van der Waals surface area contributed by atoms with Crippen molar-refractivity contribution in [2.24, 2.45) is 5.16 Å². The number of nitrogens with zero attached hydrogens (tertiary/aromatic N) is 3. The zero-order chi connectivity index (χ0) is 15.7. The number of hydrogen-bond donors (Lipinski definition) is 3. The van der Waals surface area contributed by atoms with Crippen LogP contribution in [0, 0.1) is 12.7 Å². The van der Waals surface area contributed by atoms with Crippen LogP contribution in [-0.2, 0) is 0 Å². The number of ether oxygens (including phenoxy) is 1. The summed E-state index contributed by atoms with van der Waals surface area (Å²) >= 11 is 0. The number of aryl methyl sites for hydroxylation is 1. The van der Waals surface area contributed by atoms with E-state index in [1.54, 1.807) is 12.1 Å². The highest BCUT2D eigenvalue weighted by Gasteiger charge is 2.15. The van der Waals surface area contributed by atoms with Crippen LogP contribution in [0.2, 0.25) is 0 Å². The maximum atomic E-state index is 14.5. The molecule has 0 spiro atoms. The zero-order valence-electron chi connectivity index (χ0n) is 11.5. The summed E-state index contributed by atoms with van der Waals surface area (Å²) in [6.07, 6.45) is 2.21. The summed E-state index contributed by atoms with van der Waals surface area (Å²) in [5.74, 6) is -0.485. The van der Waals surface area contributed by atoms with E-state index in [1.165, 1.54) is 12.4 Å². The Bertz CT molecular complexity index is 875. The van der Waals surface area contributed by atoms with Crippen LogP contribution in [0.3, 0.4) is 0 Å². The number of rotatable bonds is 3. The minimum Gasteiger partial charge on any atom is -0.435 e. The second-order valence-electron chi connectivity index (χ2n) is 4.62. The van der Waals surface area contributed by atoms with Gasteiger partial charge in [0.2, 0.25) is 5.88 Å². The van der Waals surface area contributed by atoms with Gasteiger partial charge in [-0.05, 0) is 25.1 Å². The lowest BCUT2D eigenvalue weighted by Crippen LogP contribution is -2.03. The number of H-pyrrole nitrogens is 1. The Kier molecular flexibility index (Phi) is 3.34. The first kappa shape index (κ1) is 13.8. The molecule has 112 valence electrons. The summed E-state index contributed by atoms with van der Waals surface area (Å²) in [5, 5.41) is 12.0. The van der Waals surface area contributed by atoms with Gasteiger partial charge in [-0.25, -0.2) is 14.4 Å². The molecule has 0 bridgehead atoms. The average molecular weight is 301 g/mol. The van der Waals surface area contributed by atoms with Crippen LogP contribution in [0.25, 0.3) is 10.9 Å². The number of aromatic nitrogens is 3. The van der Waals surface area contributed by atoms with Crippen molar-refractivity contribution in [2.45, 2.75) is 6.92 Å². The molecule has 0 atom stereocenters. The fourth-order valence-corrected chi connectivity index (χ4v) is 2.12. The molecule has 2 heterocycles. The SMILES string of the molecule is Cc1cc2c(F)c(Oc3ncnc(N)c3/C=N/O)ccc2[nH]1. The van der Waals surface area contributed by atoms with Gasteiger partial charge in [0.1, 0.15) is 17.7 Å². The van der Waals surface area contributed by atoms with E-state index in [9.17, 15) is 4.39 Å². The van der Waals surface area contributed by atoms with Gasteiger partial charge in [0.25, 0.3) is 0 Å². The molecule has 0 fully saturated rings. The van der Waals surface area contributed by atoms with Crippen molar-refractivity contribution in [3.05, 3.63) is 41.6 Å². The van der Waals surface area contributed by atoms with Crippen molar-refractivity contribution in [1.82, 2.24) is 15.0 Å². The smallest absolute Gasteiger partial charge is 0.233 e. The molecule has 4 N–H and O–H groups in total. The molecule has 3 rings (SSSR count). The Hall–Kier alpha value is -3.16. The molecule has 0 amide bonds. The lowest BCUT2D eigenvalue weighted by molar-refractivity contribution is 0.321. The topological polar surface area (TPSA) is 109 Å². The van der Waals surface area contributed by atoms with Gasteiger partial charge < -0.3 is 20.7 Å². The summed E-state index contributed by atoms with van der Waals surface area (Å²) in [6.45, 7) is 1.83. The van der Waals surface area contributed by atoms with Crippen LogP contribution < -0.4 is 10.5 Å². The largest absolute Gasteiger partial charge is 0.435 e. The molecule has 0 unspecified atom stereocenters. The van der Waals surface area contributed by atoms with Gasteiger partial charge in [0.05, 0.1) is 6.21 Å². The van der Waals surface area contributed by atoms with Crippen molar-refractivity contribution in [3.8, 4) is 11.6 Å². The van der Waals surface area contributed by atoms with Crippen molar-refractivity contribution in [2.75, 3.05) is 5.73 Å². The molecule has 7 nitrogen and oxygen atoms in total. The first-order valence-electron chi connectivity index (χ1n) is 6.33. The van der Waals surface area contributed by atoms with E-state index >= 15 is 0 Å². The maximum Gasteiger partial charge on any atom is 0.233 e. The third-order valence-electron chi connectivity index (χ3n) is 3.11. The minimum atomic E-state index is -0.522. The van der Waals surface area contributed by atoms with Gasteiger partial charge >= 0.3 is 0 Å². The van der Waals surface area contributed by atoms with E-state index in [0.717, 1.165) is 11.9 Å². The second-order valence-corrected chi connectivity index (χ2v) is 4.62. The summed E-state index contributed by atoms with van der Waals surface area (Å²) in [7, 11) is 0. The molecular weight excluding hydrogens is 289 g/mol. The Morgan fingerprint density at radius 2 is 2.23 bits per heavy atom. The molecule has 3 aromatic rings. The predicted octanol–water partition coefficient (Wildman–Crippen LogP) is 2.59. The molecule has 0 radical (unpaired) electrons. The molecule has 2 aromatic heterocycles. The standard InChI is InChI=1S/C14H12FN5O2/c1-7-4-8-10(20-7)2-3-11(12(8)15)22-14-9(5-19-21)13(16)17-6-18-14/h2-6,20-21H,1H3,(H2,16,17,18)/b19-5+. The Balaban J connectivity index is 2.07. The second kappa shape index (κ2) is 5.32. The summed E-state index contributed by atoms with van der Waals surface area (Å²) in [5.41, 5.74) is 7.33. The van der Waals surface area contributed by atoms with Crippen molar-refractivity contribution >= 4 is 22.9 Å². The number of halogens is 1. The van der Waals surface area contributed by atoms with Gasteiger partial charge in [-0.15, -0.1) is 0 Å². The molecule has 0 saturated carbocycles. The number of oxime groups is 1. The molecule has 0 aliphatic rings. The van der Waals surface area contributed by atoms with Gasteiger partial charge in [0, 0.05) is 16.6 Å². The molecule has 22 heavy (non-hydrogen) atoms. The molecule has 8 heteroatoms. The fourth-order valence-electron chi connectivity index (χ4n) is 2.12. The van der Waals surface area contributed by atoms with E-state index in [2.05, 4.69) is 20.1 Å². The van der Waals surface area contributed by atoms with Crippen LogP contribution in [-0.4, -0.2) is 26.4 Å². The van der Waals surface area contributed by atoms with Crippen LogP contribution >= 0.6 is 0 Å². The molecule has 1 aromatic carbocycles. The maximum absolute atomic E-state index is 14.5. The van der Waals surface area contributed by atoms with E-state index < -0.39 is 5.82 Å². The van der Waals surface area contributed by atoms with Crippen molar-refractivity contribution in [3.63, 3.8) is 0 Å². The van der Waals surface area contributed by atoms with E-state index in [-0.39, 0.29) is 23.0 Å². The normalized spacial score (nSPS) is 11.4. The number of aromatic amines is 1. The first-order chi connectivity index (χ1) is 10.6. The van der Waals surface area contributed by atoms with Gasteiger partial charge in [-0.3, -0.25) is 0 Å². The Morgan fingerprint density at radius 1 is 1.41 bits per heavy atom. The molecule has 0 aliphatic heterocycles. The number of nitrogens with one attached hydrogen (secondary N) is 1. The quantitative estimate of drug-likeness (QED) is 0.391. The van der Waals surface area contributed by atoms with E-state index in [4.69, 9.17) is 15.7 Å². The van der Waals surface area contributed by atoms with Crippen LogP contribution in [0.5, 0.6) is 11.6 Å². The zero-order valence-corrected chi connectivity index (χ0v) is 11.5. The highest BCUT2D eigenvalue weighted by atomic mass is 19.1. The van der Waals surface area contributed by atoms with Crippen LogP contribution in [0.15, 0.2) is 29.7 Å². The first-order valence-corrected chi connectivity index (χ1v) is 6.33. The molecular formula is C14H12FN5O2. The van der Waals surface area contributed by atoms with Crippen LogP contribution in [0.4, 0.5) is 10.2 Å². The Morgan fingerprint density at radius 3 is 3.00 bits per heavy atom. The number of nitrogen functional groups attached to an aromatic ring is 1. The number of hydrogen-bond acceptors (Lipinski definition) is 6. The minimum absolute atomic E-state index is 0.00388. The number of benzene rings is 1. The van der Waals surface area contributed by atoms with E-state index in [0.29, 0.717) is 10.9 Å². The van der Waals surface area contributed by atoms with Gasteiger partial charge in [-0.1, -0.05) is 5.16 Å². The number of anilines is 1. The van der Waals surface area contributed by atoms with Crippen molar-refractivity contribution < 1.29 is 14.3 Å². The predicted molar refractivity (Wildman–Crippen MR) is 78.9 cm³/mol. The summed E-state index contributed by atoms with van der Waals surface area (Å²) < 4.78 is 20.0. The lowest BCUT2D eigenvalue weighted by atomic mass is 10.2. The van der Waals surface area contributed by atoms with Crippen molar-refractivity contribution in [1.29, 1.82) is 0 Å².